The minimum Gasteiger partial charge on any atom is -0.481 e. The van der Waals surface area contributed by atoms with Crippen LogP contribution in [0.3, 0.4) is 0 Å². The largest absolute Gasteiger partial charge is 0.481 e. The van der Waals surface area contributed by atoms with Crippen LogP contribution < -0.4 is 16.4 Å². The van der Waals surface area contributed by atoms with Gasteiger partial charge in [-0.3, -0.25) is 19.2 Å². The molecule has 9 fully saturated rings. The SMILES string of the molecule is CN.CN1C(=O)C=C[C@]2(C)[C@H]3CC[C@]4(C)[C@@H](C(=O)O)CC[C@H]4[C@@H]3CC[C@@H]12.CN1C(=O)C=C[C@]2(C)[C@H]3CC[C@]4(C)[C@@H](N=C=O)CC[C@H]4[C@@H]3CC[C@@H]12.CNC(=O)N[C@H]1CC[C@H]2[C@@H]3CC[C@H]4N(C)C(=O)C=C[C@]4(C)[C@H]3CC[C@]12C. The van der Waals surface area contributed by atoms with Crippen molar-refractivity contribution in [1.82, 2.24) is 25.3 Å². The molecule has 3 aliphatic heterocycles. The van der Waals surface area contributed by atoms with Crippen molar-refractivity contribution in [1.29, 1.82) is 0 Å². The van der Waals surface area contributed by atoms with Gasteiger partial charge in [-0.05, 0) is 210 Å². The molecular formula is C62H95N7O7. The van der Waals surface area contributed by atoms with Gasteiger partial charge in [0.25, 0.3) is 0 Å². The van der Waals surface area contributed by atoms with Gasteiger partial charge in [-0.25, -0.2) is 14.6 Å². The molecule has 12 rings (SSSR count). The Bertz CT molecular complexity index is 2330. The number of carbonyl (C=O) groups excluding carboxylic acids is 5. The summed E-state index contributed by atoms with van der Waals surface area (Å²) in [5, 5.41) is 15.6. The van der Waals surface area contributed by atoms with Crippen LogP contribution in [0, 0.1) is 91.7 Å². The summed E-state index contributed by atoms with van der Waals surface area (Å²) >= 11 is 0. The molecule has 0 aromatic heterocycles. The first-order valence-electron chi connectivity index (χ1n) is 29.8. The molecule has 3 heterocycles. The number of nitrogens with one attached hydrogen (secondary N) is 2. The first-order valence-corrected chi connectivity index (χ1v) is 29.8. The lowest BCUT2D eigenvalue weighted by Crippen LogP contribution is -2.60. The van der Waals surface area contributed by atoms with Gasteiger partial charge in [0.1, 0.15) is 0 Å². The number of nitrogens with two attached hydrogens (primary N) is 1. The molecule has 0 radical (unpaired) electrons. The molecule has 21 atom stereocenters. The van der Waals surface area contributed by atoms with Crippen LogP contribution in [0.1, 0.15) is 157 Å². The lowest BCUT2D eigenvalue weighted by molar-refractivity contribution is -0.152. The highest BCUT2D eigenvalue weighted by Gasteiger charge is 2.64. The van der Waals surface area contributed by atoms with E-state index in [0.717, 1.165) is 70.6 Å². The molecule has 9 saturated carbocycles. The van der Waals surface area contributed by atoms with Gasteiger partial charge in [0.2, 0.25) is 23.8 Å². The third-order valence-corrected chi connectivity index (χ3v) is 25.4. The van der Waals surface area contributed by atoms with E-state index in [1.54, 1.807) is 25.3 Å². The molecule has 0 spiro atoms. The van der Waals surface area contributed by atoms with E-state index >= 15 is 0 Å². The summed E-state index contributed by atoms with van der Waals surface area (Å²) in [6.45, 7) is 14.1. The number of fused-ring (bicyclic) bond motifs is 15. The number of aliphatic imine (C=N–C) groups is 1. The van der Waals surface area contributed by atoms with Crippen molar-refractivity contribution in [3.8, 4) is 0 Å². The van der Waals surface area contributed by atoms with Crippen LogP contribution in [0.15, 0.2) is 41.4 Å². The van der Waals surface area contributed by atoms with Crippen LogP contribution >= 0.6 is 0 Å². The number of urea groups is 1. The fraction of sp³-hybridized carbons (Fsp3) is 0.806. The topological polar surface area (TPSA) is 195 Å². The number of amides is 5. The zero-order valence-corrected chi connectivity index (χ0v) is 48.1. The summed E-state index contributed by atoms with van der Waals surface area (Å²) in [4.78, 5) is 80.8. The number of hydrogen-bond acceptors (Lipinski definition) is 8. The predicted molar refractivity (Wildman–Crippen MR) is 295 cm³/mol. The summed E-state index contributed by atoms with van der Waals surface area (Å²) in [5.41, 5.74) is 5.08. The molecule has 0 saturated heterocycles. The lowest BCUT2D eigenvalue weighted by atomic mass is 9.47. The second kappa shape index (κ2) is 20.7. The van der Waals surface area contributed by atoms with Crippen LogP contribution in [0.5, 0.6) is 0 Å². The maximum atomic E-state index is 12.2. The van der Waals surface area contributed by atoms with Crippen LogP contribution in [0.2, 0.25) is 0 Å². The number of carbonyl (C=O) groups is 5. The summed E-state index contributed by atoms with van der Waals surface area (Å²) in [7, 11) is 9.07. The zero-order valence-electron chi connectivity index (χ0n) is 48.1. The van der Waals surface area contributed by atoms with Crippen molar-refractivity contribution < 1.29 is 33.9 Å². The van der Waals surface area contributed by atoms with Crippen molar-refractivity contribution in [3.63, 3.8) is 0 Å². The molecule has 12 aliphatic rings. The van der Waals surface area contributed by atoms with Crippen LogP contribution in [0.4, 0.5) is 4.79 Å². The lowest BCUT2D eigenvalue weighted by Gasteiger charge is -2.60. The summed E-state index contributed by atoms with van der Waals surface area (Å²) in [5.74, 6) is 5.42. The molecule has 5 N–H and O–H groups in total. The number of rotatable bonds is 3. The molecule has 0 aromatic rings. The van der Waals surface area contributed by atoms with E-state index in [2.05, 4.69) is 81.1 Å². The summed E-state index contributed by atoms with van der Waals surface area (Å²) in [6.07, 6.45) is 33.9. The number of nitrogens with zero attached hydrogens (tertiary/aromatic N) is 4. The van der Waals surface area contributed by atoms with Gasteiger partial charge in [0.05, 0.1) is 12.0 Å². The Morgan fingerprint density at radius 1 is 0.553 bits per heavy atom. The molecule has 14 heteroatoms. The Balaban J connectivity index is 0.000000137. The molecule has 0 unspecified atom stereocenters. The summed E-state index contributed by atoms with van der Waals surface area (Å²) in [6, 6.07) is 1.38. The highest BCUT2D eigenvalue weighted by Crippen LogP contribution is 2.68. The Morgan fingerprint density at radius 2 is 0.934 bits per heavy atom. The minimum atomic E-state index is -0.596. The van der Waals surface area contributed by atoms with Gasteiger partial charge in [-0.2, -0.15) is 0 Å². The van der Waals surface area contributed by atoms with E-state index in [9.17, 15) is 33.9 Å². The second-order valence-electron chi connectivity index (χ2n) is 27.6. The third-order valence-electron chi connectivity index (χ3n) is 25.4. The molecule has 5 amide bonds. The van der Waals surface area contributed by atoms with Crippen molar-refractivity contribution in [2.24, 2.45) is 102 Å². The molecule has 420 valence electrons. The van der Waals surface area contributed by atoms with Gasteiger partial charge in [-0.1, -0.05) is 59.8 Å². The van der Waals surface area contributed by atoms with E-state index in [4.69, 9.17) is 0 Å². The third kappa shape index (κ3) is 8.68. The monoisotopic (exact) mass is 1050 g/mol. The van der Waals surface area contributed by atoms with E-state index in [0.29, 0.717) is 71.4 Å². The van der Waals surface area contributed by atoms with E-state index in [1.807, 2.05) is 41.9 Å². The number of aliphatic carboxylic acids is 1. The minimum absolute atomic E-state index is 0.0314. The summed E-state index contributed by atoms with van der Waals surface area (Å²) < 4.78 is 0. The first kappa shape index (κ1) is 56.4. The zero-order chi connectivity index (χ0) is 55.1. The smallest absolute Gasteiger partial charge is 0.314 e. The number of isocyanates is 1. The Labute approximate surface area is 454 Å². The van der Waals surface area contributed by atoms with Crippen LogP contribution in [-0.2, 0) is 24.0 Å². The maximum absolute atomic E-state index is 12.2. The van der Waals surface area contributed by atoms with Crippen molar-refractivity contribution >= 4 is 35.8 Å². The average molecular weight is 1050 g/mol. The first-order chi connectivity index (χ1) is 36.0. The number of carboxylic acid groups (broad SMARTS) is 1. The van der Waals surface area contributed by atoms with Gasteiger partial charge in [0, 0.05) is 68.6 Å². The molecule has 76 heavy (non-hydrogen) atoms. The van der Waals surface area contributed by atoms with Crippen molar-refractivity contribution in [3.05, 3.63) is 36.5 Å². The highest BCUT2D eigenvalue weighted by molar-refractivity contribution is 5.90. The highest BCUT2D eigenvalue weighted by atomic mass is 16.4. The van der Waals surface area contributed by atoms with Gasteiger partial charge < -0.3 is 36.2 Å². The molecule has 9 aliphatic carbocycles. The van der Waals surface area contributed by atoms with Gasteiger partial charge in [0.15, 0.2) is 0 Å². The Morgan fingerprint density at radius 3 is 1.36 bits per heavy atom. The number of carboxylic acids is 1. The number of likely N-dealkylation sites (N-methyl/N-ethyl adjacent to an activating group) is 3. The van der Waals surface area contributed by atoms with E-state index < -0.39 is 5.97 Å². The van der Waals surface area contributed by atoms with E-state index in [1.165, 1.54) is 52.0 Å². The molecule has 14 nitrogen and oxygen atoms in total. The van der Waals surface area contributed by atoms with Crippen molar-refractivity contribution in [2.45, 2.75) is 187 Å². The Kier molecular flexibility index (Phi) is 15.4. The average Bonchev–Trinajstić information content (AvgIpc) is 4.08. The fourth-order valence-electron chi connectivity index (χ4n) is 21.3. The normalized spacial score (nSPS) is 47.8. The number of hydrogen-bond donors (Lipinski definition) is 4. The Hall–Kier alpha value is -4.29. The van der Waals surface area contributed by atoms with Crippen molar-refractivity contribution in [2.75, 3.05) is 35.2 Å². The second-order valence-corrected chi connectivity index (χ2v) is 27.6. The van der Waals surface area contributed by atoms with Gasteiger partial charge in [-0.15, -0.1) is 0 Å². The molecule has 0 aromatic carbocycles. The molecular weight excluding hydrogens is 955 g/mol. The molecule has 0 bridgehead atoms. The quantitative estimate of drug-likeness (QED) is 0.159. The van der Waals surface area contributed by atoms with E-state index in [-0.39, 0.29) is 74.2 Å². The predicted octanol–water partition coefficient (Wildman–Crippen LogP) is 9.16. The van der Waals surface area contributed by atoms with Gasteiger partial charge >= 0.3 is 12.0 Å². The maximum Gasteiger partial charge on any atom is 0.314 e. The standard InChI is InChI=1S/C21H33N3O2.C20H28N2O2.C20H29NO3.CH5N/c1-20-11-9-15-13(14(20)6-7-16(20)23-19(26)22-3)5-8-17-21(15,2)12-10-18(25)24(17)4;1-19-10-8-15-13(14(19)5-6-16(19)21-12-23)4-7-17-20(15,2)11-9-18(24)22(17)3;1-19-10-8-14-12(13(19)5-6-15(19)18(23)24)4-7-16-20(14,2)11-9-17(22)21(16)3;1-2/h10,12-17H,5-9,11H2,1-4H3,(H2,22,23,26);9,11,13-17H,4-8,10H2,1-3H3;9,11-16H,4-8,10H2,1-3H3,(H,23,24);2H2,1H3/t13-,14-,15-,16-,17+,20-,21+;13-,14-,15-,16-,17+,19-,20+;12-,13-,14-,15+,16+,19-,20+;/m000./s1. The van der Waals surface area contributed by atoms with Crippen LogP contribution in [-0.4, -0.2) is 121 Å². The fourth-order valence-corrected chi connectivity index (χ4v) is 21.3. The van der Waals surface area contributed by atoms with Crippen LogP contribution in [0.25, 0.3) is 0 Å².